The van der Waals surface area contributed by atoms with Crippen LogP contribution in [0.4, 0.5) is 0 Å². The molecule has 3 heteroatoms. The zero-order chi connectivity index (χ0) is 21.8. The first-order chi connectivity index (χ1) is 15.0. The van der Waals surface area contributed by atoms with Gasteiger partial charge < -0.3 is 5.32 Å². The van der Waals surface area contributed by atoms with Gasteiger partial charge in [-0.1, -0.05) is 86.6 Å². The third-order valence-electron chi connectivity index (χ3n) is 5.50. The summed E-state index contributed by atoms with van der Waals surface area (Å²) < 4.78 is 0. The zero-order valence-corrected chi connectivity index (χ0v) is 18.3. The van der Waals surface area contributed by atoms with Crippen LogP contribution in [-0.4, -0.2) is 10.9 Å². The van der Waals surface area contributed by atoms with Crippen LogP contribution in [0.5, 0.6) is 0 Å². The molecule has 156 valence electrons. The van der Waals surface area contributed by atoms with Crippen molar-refractivity contribution in [3.05, 3.63) is 102 Å². The van der Waals surface area contributed by atoms with Crippen LogP contribution in [0.15, 0.2) is 84.9 Å². The van der Waals surface area contributed by atoms with Gasteiger partial charge in [0.25, 0.3) is 5.91 Å². The number of carbonyl (C=O) groups is 1. The van der Waals surface area contributed by atoms with Gasteiger partial charge >= 0.3 is 0 Å². The molecule has 0 radical (unpaired) electrons. The summed E-state index contributed by atoms with van der Waals surface area (Å²) in [5.74, 6) is 0.527. The van der Waals surface area contributed by atoms with E-state index in [9.17, 15) is 4.79 Å². The number of fused-ring (bicyclic) bond motifs is 1. The van der Waals surface area contributed by atoms with Crippen molar-refractivity contribution in [3.8, 4) is 11.3 Å². The minimum Gasteiger partial charge on any atom is -0.345 e. The zero-order valence-electron chi connectivity index (χ0n) is 18.3. The molecule has 0 aliphatic heterocycles. The van der Waals surface area contributed by atoms with Gasteiger partial charge in [-0.05, 0) is 42.5 Å². The quantitative estimate of drug-likeness (QED) is 0.391. The van der Waals surface area contributed by atoms with Gasteiger partial charge in [-0.3, -0.25) is 4.79 Å². The minimum atomic E-state index is -0.0902. The summed E-state index contributed by atoms with van der Waals surface area (Å²) in [4.78, 5) is 18.1. The van der Waals surface area contributed by atoms with Crippen LogP contribution < -0.4 is 5.32 Å². The van der Waals surface area contributed by atoms with E-state index in [1.807, 2.05) is 67.6 Å². The Morgan fingerprint density at radius 1 is 0.871 bits per heavy atom. The number of para-hydroxylation sites is 1. The second kappa shape index (κ2) is 9.13. The van der Waals surface area contributed by atoms with Gasteiger partial charge in [0.15, 0.2) is 0 Å². The number of pyridine rings is 1. The summed E-state index contributed by atoms with van der Waals surface area (Å²) in [7, 11) is 0. The van der Waals surface area contributed by atoms with E-state index in [-0.39, 0.29) is 11.9 Å². The van der Waals surface area contributed by atoms with Crippen LogP contribution in [0, 0.1) is 5.92 Å². The molecule has 0 aliphatic rings. The van der Waals surface area contributed by atoms with Gasteiger partial charge in [0.1, 0.15) is 0 Å². The number of benzene rings is 3. The molecule has 1 N–H and O–H groups in total. The summed E-state index contributed by atoms with van der Waals surface area (Å²) in [5, 5.41) is 4.01. The molecule has 1 aromatic heterocycles. The van der Waals surface area contributed by atoms with Gasteiger partial charge in [0, 0.05) is 10.9 Å². The Labute approximate surface area is 184 Å². The van der Waals surface area contributed by atoms with Gasteiger partial charge in [0.2, 0.25) is 0 Å². The second-order valence-electron chi connectivity index (χ2n) is 8.47. The van der Waals surface area contributed by atoms with Crippen molar-refractivity contribution in [2.75, 3.05) is 0 Å². The molecule has 0 fully saturated rings. The van der Waals surface area contributed by atoms with Crippen LogP contribution >= 0.6 is 0 Å². The largest absolute Gasteiger partial charge is 0.345 e. The van der Waals surface area contributed by atoms with E-state index in [0.717, 1.165) is 34.1 Å². The van der Waals surface area contributed by atoms with Gasteiger partial charge in [0.05, 0.1) is 22.8 Å². The highest BCUT2D eigenvalue weighted by atomic mass is 16.1. The Balaban J connectivity index is 1.69. The maximum absolute atomic E-state index is 13.3. The first kappa shape index (κ1) is 20.8. The van der Waals surface area contributed by atoms with Gasteiger partial charge in [-0.15, -0.1) is 0 Å². The Morgan fingerprint density at radius 3 is 2.26 bits per heavy atom. The van der Waals surface area contributed by atoms with Crippen LogP contribution in [0.3, 0.4) is 0 Å². The van der Waals surface area contributed by atoms with E-state index in [2.05, 4.69) is 43.4 Å². The lowest BCUT2D eigenvalue weighted by molar-refractivity contribution is 0.0941. The molecule has 3 nitrogen and oxygen atoms in total. The molecule has 4 rings (SSSR count). The molecule has 31 heavy (non-hydrogen) atoms. The van der Waals surface area contributed by atoms with Crippen LogP contribution in [0.2, 0.25) is 0 Å². The molecule has 1 amide bonds. The predicted molar refractivity (Wildman–Crippen MR) is 128 cm³/mol. The van der Waals surface area contributed by atoms with E-state index in [0.29, 0.717) is 11.5 Å². The summed E-state index contributed by atoms with van der Waals surface area (Å²) >= 11 is 0. The summed E-state index contributed by atoms with van der Waals surface area (Å²) in [5.41, 5.74) is 5.69. The average Bonchev–Trinajstić information content (AvgIpc) is 2.79. The number of amides is 1. The number of hydrogen-bond acceptors (Lipinski definition) is 2. The third-order valence-corrected chi connectivity index (χ3v) is 5.50. The molecule has 0 saturated heterocycles. The highest BCUT2D eigenvalue weighted by Crippen LogP contribution is 2.26. The fourth-order valence-corrected chi connectivity index (χ4v) is 3.89. The molecule has 0 bridgehead atoms. The predicted octanol–water partition coefficient (Wildman–Crippen LogP) is 6.59. The molecule has 0 spiro atoms. The second-order valence-corrected chi connectivity index (χ2v) is 8.47. The van der Waals surface area contributed by atoms with Gasteiger partial charge in [-0.25, -0.2) is 4.98 Å². The molecule has 1 heterocycles. The van der Waals surface area contributed by atoms with Crippen molar-refractivity contribution >= 4 is 16.8 Å². The molecule has 4 aromatic rings. The maximum Gasteiger partial charge on any atom is 0.252 e. The van der Waals surface area contributed by atoms with Crippen molar-refractivity contribution in [2.24, 2.45) is 5.92 Å². The molecule has 0 unspecified atom stereocenters. The fourth-order valence-electron chi connectivity index (χ4n) is 3.89. The molecular formula is C28H28N2O. The Morgan fingerprint density at radius 2 is 1.55 bits per heavy atom. The van der Waals surface area contributed by atoms with E-state index in [1.54, 1.807) is 0 Å². The molecule has 3 aromatic carbocycles. The number of nitrogens with one attached hydrogen (secondary N) is 1. The highest BCUT2D eigenvalue weighted by molar-refractivity contribution is 6.07. The monoisotopic (exact) mass is 408 g/mol. The summed E-state index contributed by atoms with van der Waals surface area (Å²) in [6.07, 6.45) is 1.05. The van der Waals surface area contributed by atoms with Crippen LogP contribution in [0.1, 0.15) is 48.3 Å². The van der Waals surface area contributed by atoms with Crippen molar-refractivity contribution in [1.82, 2.24) is 10.3 Å². The number of aromatic nitrogens is 1. The third kappa shape index (κ3) is 4.83. The standard InChI is InChI=1S/C28H28N2O/c1-19(2)17-21-13-15-23(16-14-21)27-18-25(24-11-7-8-12-26(24)30-27)28(31)29-20(3)22-9-5-4-6-10-22/h4-16,18-20H,17H2,1-3H3,(H,29,31)/t20-/m0/s1. The summed E-state index contributed by atoms with van der Waals surface area (Å²) in [6.45, 7) is 6.45. The lowest BCUT2D eigenvalue weighted by Crippen LogP contribution is -2.27. The topological polar surface area (TPSA) is 42.0 Å². The fraction of sp³-hybridized carbons (Fsp3) is 0.214. The van der Waals surface area contributed by atoms with Crippen molar-refractivity contribution in [3.63, 3.8) is 0 Å². The van der Waals surface area contributed by atoms with E-state index >= 15 is 0 Å². The number of hydrogen-bond donors (Lipinski definition) is 1. The Kier molecular flexibility index (Phi) is 6.13. The smallest absolute Gasteiger partial charge is 0.252 e. The molecule has 0 aliphatic carbocycles. The molecular weight excluding hydrogens is 380 g/mol. The SMILES string of the molecule is CC(C)Cc1ccc(-c2cc(C(=O)N[C@@H](C)c3ccccc3)c3ccccc3n2)cc1. The van der Waals surface area contributed by atoms with Crippen LogP contribution in [0.25, 0.3) is 22.2 Å². The Bertz CT molecular complexity index is 1180. The Hall–Kier alpha value is -3.46. The first-order valence-corrected chi connectivity index (χ1v) is 10.9. The number of nitrogens with zero attached hydrogens (tertiary/aromatic N) is 1. The molecule has 1 atom stereocenters. The lowest BCUT2D eigenvalue weighted by Gasteiger charge is -2.16. The summed E-state index contributed by atoms with van der Waals surface area (Å²) in [6, 6.07) is 28.2. The normalized spacial score (nSPS) is 12.1. The van der Waals surface area contributed by atoms with Crippen molar-refractivity contribution in [1.29, 1.82) is 0 Å². The number of rotatable bonds is 6. The van der Waals surface area contributed by atoms with Crippen molar-refractivity contribution in [2.45, 2.75) is 33.2 Å². The van der Waals surface area contributed by atoms with Crippen molar-refractivity contribution < 1.29 is 4.79 Å². The number of carbonyl (C=O) groups excluding carboxylic acids is 1. The van der Waals surface area contributed by atoms with Gasteiger partial charge in [-0.2, -0.15) is 0 Å². The van der Waals surface area contributed by atoms with E-state index < -0.39 is 0 Å². The minimum absolute atomic E-state index is 0.0839. The van der Waals surface area contributed by atoms with E-state index in [4.69, 9.17) is 4.98 Å². The first-order valence-electron chi connectivity index (χ1n) is 10.9. The van der Waals surface area contributed by atoms with Crippen LogP contribution in [-0.2, 0) is 6.42 Å². The molecule has 0 saturated carbocycles. The highest BCUT2D eigenvalue weighted by Gasteiger charge is 2.16. The maximum atomic E-state index is 13.3. The van der Waals surface area contributed by atoms with E-state index in [1.165, 1.54) is 5.56 Å². The lowest BCUT2D eigenvalue weighted by atomic mass is 9.99. The average molecular weight is 409 g/mol.